The van der Waals surface area contributed by atoms with Crippen molar-refractivity contribution in [3.63, 3.8) is 0 Å². The van der Waals surface area contributed by atoms with Gasteiger partial charge in [0.2, 0.25) is 0 Å². The Labute approximate surface area is 80.6 Å². The first-order chi connectivity index (χ1) is 5.83. The molecule has 1 nitrogen and oxygen atoms in total. The van der Waals surface area contributed by atoms with E-state index < -0.39 is 0 Å². The van der Waals surface area contributed by atoms with Crippen LogP contribution in [0, 0.1) is 11.8 Å². The van der Waals surface area contributed by atoms with Crippen molar-refractivity contribution in [2.24, 2.45) is 0 Å². The molecule has 2 heteroatoms. The zero-order valence-electron chi connectivity index (χ0n) is 6.55. The molecule has 0 atom stereocenters. The highest BCUT2D eigenvalue weighted by molar-refractivity contribution is 9.10. The van der Waals surface area contributed by atoms with E-state index in [-0.39, 0.29) is 6.61 Å². The maximum absolute atomic E-state index is 8.41. The van der Waals surface area contributed by atoms with Crippen LogP contribution >= 0.6 is 15.9 Å². The molecule has 0 spiro atoms. The van der Waals surface area contributed by atoms with Crippen LogP contribution in [-0.4, -0.2) is 11.7 Å². The molecular formula is C10H9BrO. The van der Waals surface area contributed by atoms with E-state index in [4.69, 9.17) is 5.11 Å². The van der Waals surface area contributed by atoms with Gasteiger partial charge in [0, 0.05) is 10.9 Å². The molecule has 1 aromatic carbocycles. The van der Waals surface area contributed by atoms with E-state index in [1.54, 1.807) is 0 Å². The summed E-state index contributed by atoms with van der Waals surface area (Å²) >= 11 is 3.35. The fourth-order valence-corrected chi connectivity index (χ4v) is 1.09. The molecule has 0 aliphatic heterocycles. The molecule has 0 bridgehead atoms. The fraction of sp³-hybridized carbons (Fsp3) is 0.200. The van der Waals surface area contributed by atoms with Crippen LogP contribution in [-0.2, 0) is 6.42 Å². The van der Waals surface area contributed by atoms with Gasteiger partial charge in [-0.2, -0.15) is 0 Å². The first-order valence-electron chi connectivity index (χ1n) is 3.64. The number of benzene rings is 1. The number of aliphatic hydroxyl groups is 1. The first-order valence-corrected chi connectivity index (χ1v) is 4.43. The second kappa shape index (κ2) is 4.97. The monoisotopic (exact) mass is 224 g/mol. The van der Waals surface area contributed by atoms with Gasteiger partial charge in [-0.05, 0) is 17.7 Å². The standard InChI is InChI=1S/C10H9BrO/c11-10-6-4-9(5-7-10)3-1-2-8-12/h4-7,12H,3,8H2. The molecule has 0 heterocycles. The van der Waals surface area contributed by atoms with Crippen molar-refractivity contribution in [3.8, 4) is 11.8 Å². The van der Waals surface area contributed by atoms with E-state index in [2.05, 4.69) is 27.8 Å². The van der Waals surface area contributed by atoms with Gasteiger partial charge < -0.3 is 5.11 Å². The van der Waals surface area contributed by atoms with Gasteiger partial charge in [-0.1, -0.05) is 39.9 Å². The predicted octanol–water partition coefficient (Wildman–Crippen LogP) is 1.99. The SMILES string of the molecule is OCC#CCc1ccc(Br)cc1. The summed E-state index contributed by atoms with van der Waals surface area (Å²) in [5.74, 6) is 5.46. The van der Waals surface area contributed by atoms with Gasteiger partial charge in [-0.15, -0.1) is 0 Å². The molecule has 0 unspecified atom stereocenters. The number of rotatable bonds is 1. The third-order valence-electron chi connectivity index (χ3n) is 1.41. The minimum atomic E-state index is -0.0590. The van der Waals surface area contributed by atoms with Crippen molar-refractivity contribution in [2.75, 3.05) is 6.61 Å². The van der Waals surface area contributed by atoms with Crippen LogP contribution in [0.2, 0.25) is 0 Å². The lowest BCUT2D eigenvalue weighted by molar-refractivity contribution is 0.350. The smallest absolute Gasteiger partial charge is 0.104 e. The topological polar surface area (TPSA) is 20.2 Å². The van der Waals surface area contributed by atoms with Crippen molar-refractivity contribution in [1.29, 1.82) is 0 Å². The second-order valence-corrected chi connectivity index (χ2v) is 3.23. The molecule has 12 heavy (non-hydrogen) atoms. The number of hydrogen-bond donors (Lipinski definition) is 1. The lowest BCUT2D eigenvalue weighted by atomic mass is 10.2. The Bertz CT molecular complexity index is 292. The van der Waals surface area contributed by atoms with Gasteiger partial charge in [0.15, 0.2) is 0 Å². The number of aliphatic hydroxyl groups excluding tert-OH is 1. The van der Waals surface area contributed by atoms with E-state index in [0.29, 0.717) is 6.42 Å². The maximum Gasteiger partial charge on any atom is 0.104 e. The van der Waals surface area contributed by atoms with Gasteiger partial charge in [-0.25, -0.2) is 0 Å². The average molecular weight is 225 g/mol. The zero-order chi connectivity index (χ0) is 8.81. The van der Waals surface area contributed by atoms with Crippen molar-refractivity contribution in [1.82, 2.24) is 0 Å². The molecule has 0 aliphatic rings. The third-order valence-corrected chi connectivity index (χ3v) is 1.94. The maximum atomic E-state index is 8.41. The van der Waals surface area contributed by atoms with Crippen LogP contribution in [0.4, 0.5) is 0 Å². The van der Waals surface area contributed by atoms with Crippen LogP contribution in [0.3, 0.4) is 0 Å². The van der Waals surface area contributed by atoms with E-state index >= 15 is 0 Å². The molecular weight excluding hydrogens is 216 g/mol. The summed E-state index contributed by atoms with van der Waals surface area (Å²) in [5.41, 5.74) is 1.17. The highest BCUT2D eigenvalue weighted by Crippen LogP contribution is 2.10. The van der Waals surface area contributed by atoms with Gasteiger partial charge >= 0.3 is 0 Å². The number of halogens is 1. The zero-order valence-corrected chi connectivity index (χ0v) is 8.13. The Morgan fingerprint density at radius 1 is 1.17 bits per heavy atom. The van der Waals surface area contributed by atoms with Gasteiger partial charge in [0.05, 0.1) is 0 Å². The average Bonchev–Trinajstić information content (AvgIpc) is 2.09. The summed E-state index contributed by atoms with van der Waals surface area (Å²) in [4.78, 5) is 0. The normalized spacial score (nSPS) is 8.83. The molecule has 0 saturated heterocycles. The number of hydrogen-bond acceptors (Lipinski definition) is 1. The van der Waals surface area contributed by atoms with Gasteiger partial charge in [-0.3, -0.25) is 0 Å². The summed E-state index contributed by atoms with van der Waals surface area (Å²) in [5, 5.41) is 8.41. The molecule has 1 N–H and O–H groups in total. The van der Waals surface area contributed by atoms with Crippen LogP contribution in [0.25, 0.3) is 0 Å². The third kappa shape index (κ3) is 3.08. The molecule has 62 valence electrons. The largest absolute Gasteiger partial charge is 0.384 e. The van der Waals surface area contributed by atoms with E-state index in [1.807, 2.05) is 24.3 Å². The Hall–Kier alpha value is -0.780. The van der Waals surface area contributed by atoms with Crippen LogP contribution in [0.1, 0.15) is 5.56 Å². The summed E-state index contributed by atoms with van der Waals surface area (Å²) in [7, 11) is 0. The van der Waals surface area contributed by atoms with Crippen molar-refractivity contribution in [3.05, 3.63) is 34.3 Å². The lowest BCUT2D eigenvalue weighted by Crippen LogP contribution is -1.81. The first kappa shape index (κ1) is 9.31. The quantitative estimate of drug-likeness (QED) is 0.724. The fourth-order valence-electron chi connectivity index (χ4n) is 0.823. The van der Waals surface area contributed by atoms with Crippen molar-refractivity contribution in [2.45, 2.75) is 6.42 Å². The van der Waals surface area contributed by atoms with Gasteiger partial charge in [0.1, 0.15) is 6.61 Å². The minimum Gasteiger partial charge on any atom is -0.384 e. The van der Waals surface area contributed by atoms with E-state index in [0.717, 1.165) is 4.47 Å². The molecule has 0 aromatic heterocycles. The molecule has 0 amide bonds. The Kier molecular flexibility index (Phi) is 3.86. The predicted molar refractivity (Wildman–Crippen MR) is 52.7 cm³/mol. The van der Waals surface area contributed by atoms with Crippen LogP contribution < -0.4 is 0 Å². The molecule has 0 aliphatic carbocycles. The Balaban J connectivity index is 2.59. The second-order valence-electron chi connectivity index (χ2n) is 2.31. The summed E-state index contributed by atoms with van der Waals surface area (Å²) in [6.45, 7) is -0.0590. The van der Waals surface area contributed by atoms with Crippen LogP contribution in [0.15, 0.2) is 28.7 Å². The van der Waals surface area contributed by atoms with Crippen molar-refractivity contribution >= 4 is 15.9 Å². The van der Waals surface area contributed by atoms with E-state index in [9.17, 15) is 0 Å². The Morgan fingerprint density at radius 2 is 1.83 bits per heavy atom. The molecule has 0 saturated carbocycles. The summed E-state index contributed by atoms with van der Waals surface area (Å²) in [6, 6.07) is 7.98. The molecule has 1 rings (SSSR count). The van der Waals surface area contributed by atoms with Crippen LogP contribution in [0.5, 0.6) is 0 Å². The highest BCUT2D eigenvalue weighted by Gasteiger charge is 1.88. The summed E-state index contributed by atoms with van der Waals surface area (Å²) < 4.78 is 1.07. The summed E-state index contributed by atoms with van der Waals surface area (Å²) in [6.07, 6.45) is 0.702. The Morgan fingerprint density at radius 3 is 2.42 bits per heavy atom. The van der Waals surface area contributed by atoms with Gasteiger partial charge in [0.25, 0.3) is 0 Å². The molecule has 0 radical (unpaired) electrons. The lowest BCUT2D eigenvalue weighted by Gasteiger charge is -1.93. The van der Waals surface area contributed by atoms with E-state index in [1.165, 1.54) is 5.56 Å². The highest BCUT2D eigenvalue weighted by atomic mass is 79.9. The molecule has 1 aromatic rings. The van der Waals surface area contributed by atoms with Crippen molar-refractivity contribution < 1.29 is 5.11 Å². The molecule has 0 fully saturated rings. The minimum absolute atomic E-state index is 0.0590.